The molecule has 31 heavy (non-hydrogen) atoms. The highest BCUT2D eigenvalue weighted by atomic mass is 32.2. The van der Waals surface area contributed by atoms with Gasteiger partial charge in [0.25, 0.3) is 0 Å². The minimum Gasteiger partial charge on any atom is -0.341 e. The average Bonchev–Trinajstić information content (AvgIpc) is 3.16. The highest BCUT2D eigenvalue weighted by Crippen LogP contribution is 2.30. The van der Waals surface area contributed by atoms with Crippen LogP contribution in [-0.4, -0.2) is 14.6 Å². The SMILES string of the molecule is CCn1c2ccccc2c2cc(C(=O)c3ccc(S(=O)c4ccccc4)cc3)ccc21. The largest absolute Gasteiger partial charge is 0.341 e. The van der Waals surface area contributed by atoms with Gasteiger partial charge in [0.2, 0.25) is 0 Å². The third-order valence-corrected chi connectivity index (χ3v) is 7.04. The van der Waals surface area contributed by atoms with E-state index in [1.807, 2.05) is 60.7 Å². The number of ketones is 1. The Morgan fingerprint density at radius 1 is 0.710 bits per heavy atom. The minimum atomic E-state index is -1.26. The molecule has 1 aromatic heterocycles. The molecule has 4 aromatic carbocycles. The van der Waals surface area contributed by atoms with E-state index in [-0.39, 0.29) is 5.78 Å². The number of carbonyl (C=O) groups is 1. The van der Waals surface area contributed by atoms with Gasteiger partial charge in [0.15, 0.2) is 5.78 Å². The molecule has 0 aliphatic rings. The second-order valence-electron chi connectivity index (χ2n) is 7.43. The summed E-state index contributed by atoms with van der Waals surface area (Å²) < 4.78 is 15.0. The molecule has 0 amide bonds. The second kappa shape index (κ2) is 7.97. The predicted molar refractivity (Wildman–Crippen MR) is 126 cm³/mol. The topological polar surface area (TPSA) is 39.1 Å². The predicted octanol–water partition coefficient (Wildman–Crippen LogP) is 6.21. The van der Waals surface area contributed by atoms with Gasteiger partial charge in [-0.25, -0.2) is 4.21 Å². The summed E-state index contributed by atoms with van der Waals surface area (Å²) in [5.41, 5.74) is 3.56. The minimum absolute atomic E-state index is 0.0349. The number of fused-ring (bicyclic) bond motifs is 3. The molecular weight excluding hydrogens is 402 g/mol. The van der Waals surface area contributed by atoms with Crippen LogP contribution in [0.25, 0.3) is 21.8 Å². The molecule has 1 heterocycles. The molecule has 1 unspecified atom stereocenters. The van der Waals surface area contributed by atoms with Crippen molar-refractivity contribution in [2.24, 2.45) is 0 Å². The molecule has 0 spiro atoms. The Labute approximate surface area is 183 Å². The molecule has 5 rings (SSSR count). The van der Waals surface area contributed by atoms with Gasteiger partial charge in [-0.2, -0.15) is 0 Å². The zero-order valence-corrected chi connectivity index (χ0v) is 17.9. The highest BCUT2D eigenvalue weighted by Gasteiger charge is 2.15. The average molecular weight is 424 g/mol. The lowest BCUT2D eigenvalue weighted by Crippen LogP contribution is -2.02. The first-order chi connectivity index (χ1) is 15.2. The third-order valence-electron chi connectivity index (χ3n) is 5.64. The van der Waals surface area contributed by atoms with Crippen LogP contribution in [-0.2, 0) is 17.3 Å². The van der Waals surface area contributed by atoms with Crippen LogP contribution in [0.4, 0.5) is 0 Å². The van der Waals surface area contributed by atoms with Crippen molar-refractivity contribution in [1.29, 1.82) is 0 Å². The van der Waals surface area contributed by atoms with Crippen molar-refractivity contribution in [3.8, 4) is 0 Å². The smallest absolute Gasteiger partial charge is 0.193 e. The number of hydrogen-bond acceptors (Lipinski definition) is 2. The lowest BCUT2D eigenvalue weighted by Gasteiger charge is -2.06. The Hall–Kier alpha value is -3.50. The van der Waals surface area contributed by atoms with Crippen LogP contribution in [0.5, 0.6) is 0 Å². The zero-order valence-electron chi connectivity index (χ0n) is 17.1. The Morgan fingerprint density at radius 3 is 2.06 bits per heavy atom. The van der Waals surface area contributed by atoms with Crippen molar-refractivity contribution in [1.82, 2.24) is 4.57 Å². The Morgan fingerprint density at radius 2 is 1.32 bits per heavy atom. The monoisotopic (exact) mass is 423 g/mol. The number of rotatable bonds is 5. The van der Waals surface area contributed by atoms with Crippen molar-refractivity contribution >= 4 is 38.4 Å². The molecule has 0 N–H and O–H groups in total. The normalized spacial score (nSPS) is 12.3. The first kappa shape index (κ1) is 19.5. The van der Waals surface area contributed by atoms with Crippen molar-refractivity contribution in [2.75, 3.05) is 0 Å². The summed E-state index contributed by atoms with van der Waals surface area (Å²) in [4.78, 5) is 14.6. The Bertz CT molecular complexity index is 1430. The van der Waals surface area contributed by atoms with E-state index in [2.05, 4.69) is 23.6 Å². The van der Waals surface area contributed by atoms with Gasteiger partial charge < -0.3 is 4.57 Å². The number of nitrogens with zero attached hydrogens (tertiary/aromatic N) is 1. The van der Waals surface area contributed by atoms with Gasteiger partial charge in [0.05, 0.1) is 10.8 Å². The van der Waals surface area contributed by atoms with Crippen LogP contribution in [0.15, 0.2) is 107 Å². The Balaban J connectivity index is 1.50. The lowest BCUT2D eigenvalue weighted by atomic mass is 10.0. The van der Waals surface area contributed by atoms with E-state index in [1.54, 1.807) is 24.3 Å². The number of carbonyl (C=O) groups excluding carboxylic acids is 1. The van der Waals surface area contributed by atoms with Crippen molar-refractivity contribution in [2.45, 2.75) is 23.3 Å². The van der Waals surface area contributed by atoms with E-state index in [0.29, 0.717) is 16.0 Å². The molecule has 0 saturated heterocycles. The van der Waals surface area contributed by atoms with Crippen LogP contribution in [0, 0.1) is 0 Å². The molecule has 0 aliphatic heterocycles. The van der Waals surface area contributed by atoms with Crippen LogP contribution in [0.2, 0.25) is 0 Å². The number of hydrogen-bond donors (Lipinski definition) is 0. The first-order valence-corrected chi connectivity index (χ1v) is 11.4. The van der Waals surface area contributed by atoms with Gasteiger partial charge >= 0.3 is 0 Å². The van der Waals surface area contributed by atoms with Gasteiger partial charge in [-0.15, -0.1) is 0 Å². The quantitative estimate of drug-likeness (QED) is 0.315. The van der Waals surface area contributed by atoms with E-state index < -0.39 is 10.8 Å². The molecule has 4 heteroatoms. The van der Waals surface area contributed by atoms with Crippen LogP contribution >= 0.6 is 0 Å². The van der Waals surface area contributed by atoms with Crippen LogP contribution in [0.3, 0.4) is 0 Å². The summed E-state index contributed by atoms with van der Waals surface area (Å²) in [5.74, 6) is -0.0349. The molecule has 1 atom stereocenters. The van der Waals surface area contributed by atoms with E-state index in [0.717, 1.165) is 27.7 Å². The fourth-order valence-corrected chi connectivity index (χ4v) is 5.17. The molecule has 0 fully saturated rings. The zero-order chi connectivity index (χ0) is 21.4. The van der Waals surface area contributed by atoms with Gasteiger partial charge in [-0.05, 0) is 67.6 Å². The standard InChI is InChI=1S/C27H21NO2S/c1-2-28-25-11-7-6-10-23(25)24-18-20(14-17-26(24)28)27(29)19-12-15-22(16-13-19)31(30)21-8-4-3-5-9-21/h3-18H,2H2,1H3. The molecule has 0 bridgehead atoms. The van der Waals surface area contributed by atoms with Gasteiger partial charge in [0, 0.05) is 49.3 Å². The summed E-state index contributed by atoms with van der Waals surface area (Å²) in [6, 6.07) is 30.6. The van der Waals surface area contributed by atoms with E-state index in [9.17, 15) is 9.00 Å². The number of para-hydroxylation sites is 1. The summed E-state index contributed by atoms with van der Waals surface area (Å²) in [6.07, 6.45) is 0. The molecule has 152 valence electrons. The van der Waals surface area contributed by atoms with E-state index in [4.69, 9.17) is 0 Å². The molecular formula is C27H21NO2S. The summed E-state index contributed by atoms with van der Waals surface area (Å²) in [5, 5.41) is 2.24. The molecule has 0 radical (unpaired) electrons. The highest BCUT2D eigenvalue weighted by molar-refractivity contribution is 7.85. The third kappa shape index (κ3) is 3.39. The maximum Gasteiger partial charge on any atom is 0.193 e. The van der Waals surface area contributed by atoms with Gasteiger partial charge in [0.1, 0.15) is 0 Å². The Kier molecular flexibility index (Phi) is 5.00. The molecule has 3 nitrogen and oxygen atoms in total. The maximum atomic E-state index is 13.2. The van der Waals surface area contributed by atoms with E-state index in [1.165, 1.54) is 5.52 Å². The first-order valence-electron chi connectivity index (χ1n) is 10.3. The summed E-state index contributed by atoms with van der Waals surface area (Å²) in [6.45, 7) is 3.00. The number of aromatic nitrogens is 1. The number of benzene rings is 4. The fraction of sp³-hybridized carbons (Fsp3) is 0.0741. The van der Waals surface area contributed by atoms with Crippen molar-refractivity contribution in [3.63, 3.8) is 0 Å². The molecule has 0 saturated carbocycles. The lowest BCUT2D eigenvalue weighted by molar-refractivity contribution is 0.103. The van der Waals surface area contributed by atoms with Crippen LogP contribution < -0.4 is 0 Å². The summed E-state index contributed by atoms with van der Waals surface area (Å²) in [7, 11) is -1.26. The van der Waals surface area contributed by atoms with Crippen LogP contribution in [0.1, 0.15) is 22.8 Å². The van der Waals surface area contributed by atoms with E-state index >= 15 is 0 Å². The number of aryl methyl sites for hydroxylation is 1. The van der Waals surface area contributed by atoms with Crippen molar-refractivity contribution in [3.05, 3.63) is 108 Å². The van der Waals surface area contributed by atoms with Gasteiger partial charge in [-0.3, -0.25) is 4.79 Å². The molecule has 5 aromatic rings. The molecule has 0 aliphatic carbocycles. The summed E-state index contributed by atoms with van der Waals surface area (Å²) >= 11 is 0. The maximum absolute atomic E-state index is 13.2. The second-order valence-corrected chi connectivity index (χ2v) is 8.91. The van der Waals surface area contributed by atoms with Gasteiger partial charge in [-0.1, -0.05) is 36.4 Å². The van der Waals surface area contributed by atoms with Crippen molar-refractivity contribution < 1.29 is 9.00 Å². The fourth-order valence-electron chi connectivity index (χ4n) is 4.11.